The van der Waals surface area contributed by atoms with Crippen LogP contribution in [0.3, 0.4) is 0 Å². The molecule has 0 spiro atoms. The van der Waals surface area contributed by atoms with Crippen LogP contribution in [0.2, 0.25) is 0 Å². The Morgan fingerprint density at radius 3 is 2.33 bits per heavy atom. The second-order valence-corrected chi connectivity index (χ2v) is 6.84. The van der Waals surface area contributed by atoms with Crippen LogP contribution >= 0.6 is 0 Å². The zero-order chi connectivity index (χ0) is 21.3. The minimum absolute atomic E-state index is 0.0335. The lowest BCUT2D eigenvalue weighted by Crippen LogP contribution is -2.14. The van der Waals surface area contributed by atoms with E-state index in [2.05, 4.69) is 5.32 Å². The topological polar surface area (TPSA) is 111 Å². The zero-order valence-corrected chi connectivity index (χ0v) is 16.0. The number of fused-ring (bicyclic) bond motifs is 1. The number of allylic oxidation sites excluding steroid dienone is 7. The molecule has 0 bridgehead atoms. The number of nitrogens with zero attached hydrogens (tertiary/aromatic N) is 3. The number of rotatable bonds is 3. The van der Waals surface area contributed by atoms with E-state index in [1.165, 1.54) is 18.2 Å². The van der Waals surface area contributed by atoms with Gasteiger partial charge < -0.3 is 26.2 Å². The van der Waals surface area contributed by atoms with Gasteiger partial charge in [-0.05, 0) is 61.1 Å². The van der Waals surface area contributed by atoms with E-state index >= 15 is 0 Å². The second-order valence-electron chi connectivity index (χ2n) is 6.84. The van der Waals surface area contributed by atoms with Crippen molar-refractivity contribution < 1.29 is 10.1 Å². The summed E-state index contributed by atoms with van der Waals surface area (Å²) in [6.07, 6.45) is 9.95. The Labute approximate surface area is 173 Å². The minimum atomic E-state index is -0.436. The van der Waals surface area contributed by atoms with Gasteiger partial charge in [0.2, 0.25) is 5.71 Å². The maximum atomic E-state index is 11.3. The molecule has 2 N–H and O–H groups in total. The molecule has 1 heterocycles. The van der Waals surface area contributed by atoms with Crippen LogP contribution in [0.4, 0.5) is 22.7 Å². The Kier molecular flexibility index (Phi) is 5.01. The van der Waals surface area contributed by atoms with Crippen LogP contribution < -0.4 is 15.4 Å². The van der Waals surface area contributed by atoms with Crippen LogP contribution in [0.15, 0.2) is 90.3 Å². The standard InChI is InChI=1S/C22H18N4O4/c1-15-2-7-17(8-3-15)24-21-12-11-19(26(29)30)14-20(21)23-22(24)13-6-16-4-9-18(10-5-16)25(27)28/h2-14,23,29H,1H3/q-2. The molecule has 2 aliphatic rings. The molecule has 0 fully saturated rings. The number of benzene rings is 2. The first-order chi connectivity index (χ1) is 14.4. The highest BCUT2D eigenvalue weighted by atomic mass is 16.8. The van der Waals surface area contributed by atoms with Crippen molar-refractivity contribution in [1.29, 1.82) is 0 Å². The maximum Gasteiger partial charge on any atom is 0.222 e. The molecule has 0 aromatic heterocycles. The number of nitrogens with one attached hydrogen (secondary N) is 1. The fourth-order valence-corrected chi connectivity index (χ4v) is 3.23. The highest BCUT2D eigenvalue weighted by Crippen LogP contribution is 2.43. The van der Waals surface area contributed by atoms with Gasteiger partial charge in [-0.15, -0.1) is 0 Å². The van der Waals surface area contributed by atoms with Gasteiger partial charge in [0.25, 0.3) is 0 Å². The van der Waals surface area contributed by atoms with E-state index in [1.54, 1.807) is 24.3 Å². The average molecular weight is 402 g/mol. The summed E-state index contributed by atoms with van der Waals surface area (Å²) < 4.78 is 0. The molecule has 30 heavy (non-hydrogen) atoms. The van der Waals surface area contributed by atoms with Gasteiger partial charge in [0.05, 0.1) is 17.1 Å². The molecular weight excluding hydrogens is 384 g/mol. The summed E-state index contributed by atoms with van der Waals surface area (Å²) in [6, 6.07) is 12.9. The van der Waals surface area contributed by atoms with Gasteiger partial charge in [0, 0.05) is 17.8 Å². The monoisotopic (exact) mass is 402 g/mol. The number of anilines is 4. The molecule has 1 aliphatic heterocycles. The Bertz CT molecular complexity index is 1110. The van der Waals surface area contributed by atoms with E-state index in [9.17, 15) is 20.8 Å². The van der Waals surface area contributed by atoms with Gasteiger partial charge >= 0.3 is 0 Å². The predicted octanol–water partition coefficient (Wildman–Crippen LogP) is 4.59. The van der Waals surface area contributed by atoms with Crippen LogP contribution in [0.25, 0.3) is 0 Å². The predicted molar refractivity (Wildman–Crippen MR) is 117 cm³/mol. The van der Waals surface area contributed by atoms with Crippen molar-refractivity contribution in [3.8, 4) is 0 Å². The molecule has 4 rings (SSSR count). The van der Waals surface area contributed by atoms with Crippen molar-refractivity contribution in [2.24, 2.45) is 0 Å². The third-order valence-corrected chi connectivity index (χ3v) is 4.78. The van der Waals surface area contributed by atoms with E-state index in [0.29, 0.717) is 5.69 Å². The van der Waals surface area contributed by atoms with Crippen LogP contribution in [0.5, 0.6) is 0 Å². The number of hydrogen-bond acceptors (Lipinski definition) is 7. The Balaban J connectivity index is 1.72. The molecule has 8 nitrogen and oxygen atoms in total. The van der Waals surface area contributed by atoms with Gasteiger partial charge in [-0.2, -0.15) is 4.90 Å². The van der Waals surface area contributed by atoms with E-state index in [4.69, 9.17) is 0 Å². The van der Waals surface area contributed by atoms with Gasteiger partial charge in [-0.3, -0.25) is 10.1 Å². The fraction of sp³-hybridized carbons (Fsp3) is 0.0455. The van der Waals surface area contributed by atoms with Crippen LogP contribution in [0.1, 0.15) is 5.56 Å². The summed E-state index contributed by atoms with van der Waals surface area (Å²) in [5, 5.41) is 45.2. The first kappa shape index (κ1) is 19.3. The third kappa shape index (κ3) is 3.77. The molecule has 2 aromatic carbocycles. The van der Waals surface area contributed by atoms with Crippen molar-refractivity contribution in [3.05, 3.63) is 111 Å². The summed E-state index contributed by atoms with van der Waals surface area (Å²) in [4.78, 5) is 1.56. The normalized spacial score (nSPS) is 16.0. The Morgan fingerprint density at radius 1 is 1.00 bits per heavy atom. The molecule has 0 unspecified atom stereocenters. The first-order valence-corrected chi connectivity index (χ1v) is 9.16. The average Bonchev–Trinajstić information content (AvgIpc) is 3.10. The molecule has 0 atom stereocenters. The highest BCUT2D eigenvalue weighted by Gasteiger charge is 2.25. The zero-order valence-electron chi connectivity index (χ0n) is 16.0. The second kappa shape index (κ2) is 7.78. The van der Waals surface area contributed by atoms with Crippen LogP contribution in [0, 0.1) is 22.5 Å². The number of aryl methyl sites for hydroxylation is 1. The van der Waals surface area contributed by atoms with Gasteiger partial charge in [0.1, 0.15) is 5.82 Å². The summed E-state index contributed by atoms with van der Waals surface area (Å²) in [6.45, 7) is 2.01. The lowest BCUT2D eigenvalue weighted by Gasteiger charge is -2.23. The molecule has 2 aromatic rings. The van der Waals surface area contributed by atoms with Crippen LogP contribution in [-0.4, -0.2) is 15.8 Å². The molecule has 0 radical (unpaired) electrons. The molecule has 0 saturated carbocycles. The van der Waals surface area contributed by atoms with Gasteiger partial charge in [-0.1, -0.05) is 23.8 Å². The van der Waals surface area contributed by atoms with Crippen molar-refractivity contribution >= 4 is 28.5 Å². The number of hydrogen-bond donors (Lipinski definition) is 2. The quantitative estimate of drug-likeness (QED) is 0.570. The largest absolute Gasteiger partial charge is 0.733 e. The minimum Gasteiger partial charge on any atom is -0.733 e. The lowest BCUT2D eigenvalue weighted by atomic mass is 10.1. The maximum absolute atomic E-state index is 11.3. The molecule has 152 valence electrons. The van der Waals surface area contributed by atoms with Crippen molar-refractivity contribution in [2.75, 3.05) is 15.4 Å². The molecule has 0 saturated heterocycles. The van der Waals surface area contributed by atoms with Crippen molar-refractivity contribution in [1.82, 2.24) is 0 Å². The summed E-state index contributed by atoms with van der Waals surface area (Å²) in [5.41, 5.74) is 4.50. The lowest BCUT2D eigenvalue weighted by molar-refractivity contribution is -0.377. The Hall–Kier alpha value is -4.01. The molecule has 8 heteroatoms. The van der Waals surface area contributed by atoms with Crippen LogP contribution in [-0.2, 0) is 0 Å². The van der Waals surface area contributed by atoms with Crippen molar-refractivity contribution in [3.63, 3.8) is 0 Å². The Morgan fingerprint density at radius 2 is 1.70 bits per heavy atom. The summed E-state index contributed by atoms with van der Waals surface area (Å²) >= 11 is 0. The van der Waals surface area contributed by atoms with Gasteiger partial charge in [-0.25, -0.2) is 0 Å². The van der Waals surface area contributed by atoms with E-state index in [0.717, 1.165) is 28.3 Å². The smallest absolute Gasteiger partial charge is 0.222 e. The highest BCUT2D eigenvalue weighted by molar-refractivity contribution is 6.02. The van der Waals surface area contributed by atoms with E-state index in [1.807, 2.05) is 48.2 Å². The molecule has 1 aliphatic carbocycles. The molecule has 0 amide bonds. The van der Waals surface area contributed by atoms with Crippen molar-refractivity contribution in [2.45, 2.75) is 6.92 Å². The summed E-state index contributed by atoms with van der Waals surface area (Å²) in [7, 11) is 0. The molecular formula is C22H18N4O4-2. The SMILES string of the molecule is Cc1ccc(N2C(=CC=C3C=CC(=[N+]([O-])[O-])C=C3)Nc3cc(N([O-])O)ccc32)cc1. The van der Waals surface area contributed by atoms with E-state index < -0.39 is 4.90 Å². The van der Waals surface area contributed by atoms with Gasteiger partial charge in [0.15, 0.2) is 0 Å². The van der Waals surface area contributed by atoms with E-state index in [-0.39, 0.29) is 16.6 Å². The first-order valence-electron chi connectivity index (χ1n) is 9.16. The fourth-order valence-electron chi connectivity index (χ4n) is 3.23. The third-order valence-electron chi connectivity index (χ3n) is 4.78. The summed E-state index contributed by atoms with van der Waals surface area (Å²) in [5.74, 6) is 0.736.